The lowest BCUT2D eigenvalue weighted by Crippen LogP contribution is -2.40. The van der Waals surface area contributed by atoms with Crippen LogP contribution < -0.4 is 5.32 Å². The topological polar surface area (TPSA) is 66.4 Å². The van der Waals surface area contributed by atoms with Crippen LogP contribution >= 0.6 is 0 Å². The van der Waals surface area contributed by atoms with Gasteiger partial charge in [-0.05, 0) is 24.8 Å². The van der Waals surface area contributed by atoms with Crippen molar-refractivity contribution in [3.8, 4) is 0 Å². The Bertz CT molecular complexity index is 382. The zero-order valence-electron chi connectivity index (χ0n) is 9.85. The summed E-state index contributed by atoms with van der Waals surface area (Å²) in [6.07, 6.45) is 8.21. The fourth-order valence-electron chi connectivity index (χ4n) is 1.73. The molecule has 4 nitrogen and oxygen atoms in total. The minimum atomic E-state index is -1.03. The molecule has 1 rings (SSSR count). The standard InChI is InChI=1S/C13H17NO3/c1-3-12(15)14-11(13(16)17)8-10-7-5-4-6-9(10)2/h3-5,7,9,11H,1,6,8H2,2H3,(H,14,15)(H,16,17). The molecule has 0 bridgehead atoms. The molecular weight excluding hydrogens is 218 g/mol. The first kappa shape index (κ1) is 13.2. The molecule has 0 aromatic heterocycles. The molecule has 0 saturated heterocycles. The van der Waals surface area contributed by atoms with Crippen LogP contribution in [0.25, 0.3) is 0 Å². The third-order valence-electron chi connectivity index (χ3n) is 2.81. The molecule has 2 unspecified atom stereocenters. The van der Waals surface area contributed by atoms with Gasteiger partial charge in [0.1, 0.15) is 6.04 Å². The number of allylic oxidation sites excluding steroid dienone is 3. The summed E-state index contributed by atoms with van der Waals surface area (Å²) >= 11 is 0. The summed E-state index contributed by atoms with van der Waals surface area (Å²) in [6.45, 7) is 5.35. The molecule has 4 heteroatoms. The van der Waals surface area contributed by atoms with Gasteiger partial charge in [-0.15, -0.1) is 0 Å². The summed E-state index contributed by atoms with van der Waals surface area (Å²) < 4.78 is 0. The van der Waals surface area contributed by atoms with Gasteiger partial charge in [0.05, 0.1) is 0 Å². The first-order valence-electron chi connectivity index (χ1n) is 5.56. The number of aliphatic carboxylic acids is 1. The largest absolute Gasteiger partial charge is 0.480 e. The van der Waals surface area contributed by atoms with Crippen molar-refractivity contribution in [1.29, 1.82) is 0 Å². The van der Waals surface area contributed by atoms with Gasteiger partial charge in [0.2, 0.25) is 5.91 Å². The lowest BCUT2D eigenvalue weighted by molar-refractivity contribution is -0.141. The summed E-state index contributed by atoms with van der Waals surface area (Å²) in [5.41, 5.74) is 1.05. The van der Waals surface area contributed by atoms with E-state index in [1.807, 2.05) is 25.2 Å². The molecular formula is C13H17NO3. The van der Waals surface area contributed by atoms with Crippen LogP contribution in [0.3, 0.4) is 0 Å². The van der Waals surface area contributed by atoms with Crippen molar-refractivity contribution in [1.82, 2.24) is 5.32 Å². The highest BCUT2D eigenvalue weighted by atomic mass is 16.4. The Balaban J connectivity index is 2.69. The van der Waals surface area contributed by atoms with Crippen LogP contribution in [0.5, 0.6) is 0 Å². The van der Waals surface area contributed by atoms with Gasteiger partial charge in [-0.25, -0.2) is 4.79 Å². The Labute approximate surface area is 101 Å². The van der Waals surface area contributed by atoms with E-state index in [0.717, 1.165) is 18.1 Å². The molecule has 2 N–H and O–H groups in total. The Hall–Kier alpha value is -1.84. The van der Waals surface area contributed by atoms with Gasteiger partial charge in [-0.3, -0.25) is 4.79 Å². The lowest BCUT2D eigenvalue weighted by Gasteiger charge is -2.21. The van der Waals surface area contributed by atoms with Crippen LogP contribution in [0.4, 0.5) is 0 Å². The van der Waals surface area contributed by atoms with Crippen molar-refractivity contribution in [2.24, 2.45) is 5.92 Å². The summed E-state index contributed by atoms with van der Waals surface area (Å²) in [5, 5.41) is 11.5. The molecule has 0 aliphatic heterocycles. The number of nitrogens with one attached hydrogen (secondary N) is 1. The maximum Gasteiger partial charge on any atom is 0.326 e. The van der Waals surface area contributed by atoms with E-state index in [4.69, 9.17) is 5.11 Å². The monoisotopic (exact) mass is 235 g/mol. The lowest BCUT2D eigenvalue weighted by atomic mass is 9.89. The molecule has 0 fully saturated rings. The number of carboxylic acid groups (broad SMARTS) is 1. The highest BCUT2D eigenvalue weighted by Gasteiger charge is 2.22. The minimum Gasteiger partial charge on any atom is -0.480 e. The maximum atomic E-state index is 11.1. The van der Waals surface area contributed by atoms with Gasteiger partial charge in [0.25, 0.3) is 0 Å². The molecule has 0 radical (unpaired) electrons. The maximum absolute atomic E-state index is 11.1. The normalized spacial score (nSPS) is 20.3. The van der Waals surface area contributed by atoms with E-state index in [0.29, 0.717) is 12.3 Å². The number of carbonyl (C=O) groups excluding carboxylic acids is 1. The quantitative estimate of drug-likeness (QED) is 0.712. The summed E-state index contributed by atoms with van der Waals surface area (Å²) in [5.74, 6) is -1.16. The number of rotatable bonds is 5. The van der Waals surface area contributed by atoms with Gasteiger partial charge in [0, 0.05) is 0 Å². The van der Waals surface area contributed by atoms with Crippen LogP contribution in [0, 0.1) is 5.92 Å². The highest BCUT2D eigenvalue weighted by Crippen LogP contribution is 2.23. The number of hydrogen-bond acceptors (Lipinski definition) is 2. The van der Waals surface area contributed by atoms with Crippen LogP contribution in [-0.4, -0.2) is 23.0 Å². The molecule has 0 spiro atoms. The SMILES string of the molecule is C=CC(=O)NC(CC1=CC=CCC1C)C(=O)O. The van der Waals surface area contributed by atoms with Crippen LogP contribution in [0.1, 0.15) is 19.8 Å². The number of carboxylic acids is 1. The molecule has 0 saturated carbocycles. The zero-order chi connectivity index (χ0) is 12.8. The van der Waals surface area contributed by atoms with E-state index in [9.17, 15) is 9.59 Å². The summed E-state index contributed by atoms with van der Waals surface area (Å²) in [7, 11) is 0. The highest BCUT2D eigenvalue weighted by molar-refractivity contribution is 5.90. The Morgan fingerprint density at radius 3 is 2.94 bits per heavy atom. The van der Waals surface area contributed by atoms with Crippen LogP contribution in [0.2, 0.25) is 0 Å². The molecule has 1 amide bonds. The Morgan fingerprint density at radius 1 is 1.71 bits per heavy atom. The van der Waals surface area contributed by atoms with Crippen LogP contribution in [0.15, 0.2) is 36.5 Å². The van der Waals surface area contributed by atoms with E-state index in [1.54, 1.807) is 0 Å². The Kier molecular flexibility index (Phi) is 4.69. The van der Waals surface area contributed by atoms with Crippen molar-refractivity contribution in [3.63, 3.8) is 0 Å². The number of carbonyl (C=O) groups is 2. The van der Waals surface area contributed by atoms with E-state index in [-0.39, 0.29) is 0 Å². The average molecular weight is 235 g/mol. The number of hydrogen-bond donors (Lipinski definition) is 2. The summed E-state index contributed by atoms with van der Waals surface area (Å²) in [4.78, 5) is 22.2. The second-order valence-corrected chi connectivity index (χ2v) is 4.11. The smallest absolute Gasteiger partial charge is 0.326 e. The fourth-order valence-corrected chi connectivity index (χ4v) is 1.73. The van der Waals surface area contributed by atoms with E-state index in [1.165, 1.54) is 0 Å². The molecule has 17 heavy (non-hydrogen) atoms. The third kappa shape index (κ3) is 3.90. The average Bonchev–Trinajstić information content (AvgIpc) is 2.30. The second kappa shape index (κ2) is 6.03. The van der Waals surface area contributed by atoms with Crippen molar-refractivity contribution in [2.45, 2.75) is 25.8 Å². The van der Waals surface area contributed by atoms with E-state index >= 15 is 0 Å². The first-order chi connectivity index (χ1) is 8.04. The van der Waals surface area contributed by atoms with Gasteiger partial charge >= 0.3 is 5.97 Å². The van der Waals surface area contributed by atoms with Gasteiger partial charge in [-0.1, -0.05) is 37.3 Å². The summed E-state index contributed by atoms with van der Waals surface area (Å²) in [6, 6.07) is -0.888. The van der Waals surface area contributed by atoms with Gasteiger partial charge < -0.3 is 10.4 Å². The van der Waals surface area contributed by atoms with Crippen molar-refractivity contribution >= 4 is 11.9 Å². The van der Waals surface area contributed by atoms with E-state index < -0.39 is 17.9 Å². The fraction of sp³-hybridized carbons (Fsp3) is 0.385. The second-order valence-electron chi connectivity index (χ2n) is 4.11. The molecule has 0 aromatic rings. The third-order valence-corrected chi connectivity index (χ3v) is 2.81. The first-order valence-corrected chi connectivity index (χ1v) is 5.56. The van der Waals surface area contributed by atoms with Gasteiger partial charge in [0.15, 0.2) is 0 Å². The van der Waals surface area contributed by atoms with Crippen molar-refractivity contribution in [3.05, 3.63) is 36.5 Å². The molecule has 92 valence electrons. The predicted molar refractivity (Wildman–Crippen MR) is 65.4 cm³/mol. The molecule has 2 atom stereocenters. The van der Waals surface area contributed by atoms with E-state index in [2.05, 4.69) is 11.9 Å². The van der Waals surface area contributed by atoms with Crippen molar-refractivity contribution in [2.75, 3.05) is 0 Å². The predicted octanol–water partition coefficient (Wildman–Crippen LogP) is 1.65. The molecule has 1 aliphatic carbocycles. The zero-order valence-corrected chi connectivity index (χ0v) is 9.85. The molecule has 0 heterocycles. The minimum absolute atomic E-state index is 0.322. The number of amides is 1. The van der Waals surface area contributed by atoms with Crippen LogP contribution in [-0.2, 0) is 9.59 Å². The van der Waals surface area contributed by atoms with Gasteiger partial charge in [-0.2, -0.15) is 0 Å². The van der Waals surface area contributed by atoms with Crippen molar-refractivity contribution < 1.29 is 14.7 Å². The molecule has 0 aromatic carbocycles. The molecule has 1 aliphatic rings. The Morgan fingerprint density at radius 2 is 2.41 bits per heavy atom.